The number of nitrogens with zero attached hydrogens (tertiary/aromatic N) is 1. The summed E-state index contributed by atoms with van der Waals surface area (Å²) in [6.07, 6.45) is 4.95. The lowest BCUT2D eigenvalue weighted by Gasteiger charge is -2.03. The lowest BCUT2D eigenvalue weighted by atomic mass is 10.0. The van der Waals surface area contributed by atoms with Crippen LogP contribution in [0.5, 0.6) is 0 Å². The molecule has 1 fully saturated rings. The molecule has 0 saturated heterocycles. The summed E-state index contributed by atoms with van der Waals surface area (Å²) in [6, 6.07) is 0.250. The summed E-state index contributed by atoms with van der Waals surface area (Å²) in [5.41, 5.74) is 1.39. The quantitative estimate of drug-likeness (QED) is 0.577. The van der Waals surface area contributed by atoms with Crippen LogP contribution in [0.4, 0.5) is 0 Å². The van der Waals surface area contributed by atoms with Crippen molar-refractivity contribution in [3.8, 4) is 0 Å². The van der Waals surface area contributed by atoms with Crippen LogP contribution in [-0.4, -0.2) is 23.5 Å². The third-order valence-corrected chi connectivity index (χ3v) is 2.57. The molecule has 2 aliphatic rings. The molecule has 1 N–H and O–H groups in total. The molecule has 0 bridgehead atoms. The van der Waals surface area contributed by atoms with Gasteiger partial charge < -0.3 is 5.11 Å². The number of aliphatic hydroxyl groups excluding tert-OH is 1. The lowest BCUT2D eigenvalue weighted by Crippen LogP contribution is -2.07. The van der Waals surface area contributed by atoms with E-state index in [4.69, 9.17) is 5.11 Å². The van der Waals surface area contributed by atoms with Crippen molar-refractivity contribution in [1.29, 1.82) is 0 Å². The Morgan fingerprint density at radius 3 is 3.20 bits per heavy atom. The van der Waals surface area contributed by atoms with E-state index < -0.39 is 0 Å². The normalized spacial score (nSPS) is 37.9. The van der Waals surface area contributed by atoms with Crippen molar-refractivity contribution >= 4 is 5.71 Å². The van der Waals surface area contributed by atoms with E-state index in [0.717, 1.165) is 12.3 Å². The zero-order chi connectivity index (χ0) is 6.97. The Bertz CT molecular complexity index is 165. The average Bonchev–Trinajstić information content (AvgIpc) is 2.42. The highest BCUT2D eigenvalue weighted by Crippen LogP contribution is 2.32. The van der Waals surface area contributed by atoms with E-state index in [9.17, 15) is 0 Å². The van der Waals surface area contributed by atoms with Crippen LogP contribution in [0.15, 0.2) is 4.99 Å². The molecule has 0 aromatic heterocycles. The van der Waals surface area contributed by atoms with E-state index in [-0.39, 0.29) is 12.6 Å². The third-order valence-electron chi connectivity index (χ3n) is 2.57. The van der Waals surface area contributed by atoms with Gasteiger partial charge in [-0.25, -0.2) is 0 Å². The van der Waals surface area contributed by atoms with Crippen LogP contribution >= 0.6 is 0 Å². The van der Waals surface area contributed by atoms with Gasteiger partial charge in [-0.2, -0.15) is 0 Å². The zero-order valence-corrected chi connectivity index (χ0v) is 6.08. The molecular weight excluding hydrogens is 126 g/mol. The Balaban J connectivity index is 2.08. The molecule has 0 aromatic carbocycles. The monoisotopic (exact) mass is 139 g/mol. The molecule has 2 rings (SSSR count). The van der Waals surface area contributed by atoms with Crippen LogP contribution in [0.25, 0.3) is 0 Å². The first-order chi connectivity index (χ1) is 4.90. The first kappa shape index (κ1) is 6.35. The maximum Gasteiger partial charge on any atom is 0.0736 e. The first-order valence-electron chi connectivity index (χ1n) is 4.07. The Morgan fingerprint density at radius 1 is 1.60 bits per heavy atom. The molecule has 2 nitrogen and oxygen atoms in total. The fourth-order valence-electron chi connectivity index (χ4n) is 2.06. The van der Waals surface area contributed by atoms with Gasteiger partial charge in [0.05, 0.1) is 12.6 Å². The first-order valence-corrected chi connectivity index (χ1v) is 4.07. The van der Waals surface area contributed by atoms with Crippen LogP contribution in [0, 0.1) is 5.92 Å². The minimum absolute atomic E-state index is 0.250. The average molecular weight is 139 g/mol. The van der Waals surface area contributed by atoms with Gasteiger partial charge in [-0.3, -0.25) is 4.99 Å². The Hall–Kier alpha value is -0.370. The number of rotatable bonds is 1. The van der Waals surface area contributed by atoms with Crippen molar-refractivity contribution < 1.29 is 5.11 Å². The second-order valence-electron chi connectivity index (χ2n) is 3.28. The molecule has 10 heavy (non-hydrogen) atoms. The summed E-state index contributed by atoms with van der Waals surface area (Å²) in [5.74, 6) is 0.747. The highest BCUT2D eigenvalue weighted by Gasteiger charge is 2.30. The number of hydrogen-bond acceptors (Lipinski definition) is 2. The molecule has 1 unspecified atom stereocenters. The van der Waals surface area contributed by atoms with Gasteiger partial charge in [0, 0.05) is 5.71 Å². The molecule has 56 valence electrons. The van der Waals surface area contributed by atoms with Gasteiger partial charge in [0.1, 0.15) is 0 Å². The van der Waals surface area contributed by atoms with Crippen LogP contribution in [0.2, 0.25) is 0 Å². The Kier molecular flexibility index (Phi) is 1.49. The van der Waals surface area contributed by atoms with Gasteiger partial charge in [0.25, 0.3) is 0 Å². The minimum Gasteiger partial charge on any atom is -0.394 e. The van der Waals surface area contributed by atoms with Gasteiger partial charge in [-0.05, 0) is 31.6 Å². The second-order valence-corrected chi connectivity index (χ2v) is 3.28. The molecule has 2 heteroatoms. The molecule has 1 aliphatic carbocycles. The van der Waals surface area contributed by atoms with E-state index in [1.54, 1.807) is 0 Å². The maximum absolute atomic E-state index is 8.81. The molecule has 1 heterocycles. The summed E-state index contributed by atoms with van der Waals surface area (Å²) in [4.78, 5) is 4.44. The fourth-order valence-corrected chi connectivity index (χ4v) is 2.06. The molecule has 0 aromatic rings. The van der Waals surface area contributed by atoms with Crippen LogP contribution in [-0.2, 0) is 0 Å². The van der Waals surface area contributed by atoms with Gasteiger partial charge >= 0.3 is 0 Å². The van der Waals surface area contributed by atoms with Crippen molar-refractivity contribution in [1.82, 2.24) is 0 Å². The van der Waals surface area contributed by atoms with Gasteiger partial charge in [-0.1, -0.05) is 0 Å². The number of fused-ring (bicyclic) bond motifs is 1. The van der Waals surface area contributed by atoms with Gasteiger partial charge in [0.15, 0.2) is 0 Å². The smallest absolute Gasteiger partial charge is 0.0736 e. The molecule has 1 saturated carbocycles. The van der Waals surface area contributed by atoms with Crippen LogP contribution in [0.1, 0.15) is 25.7 Å². The summed E-state index contributed by atoms with van der Waals surface area (Å²) >= 11 is 0. The maximum atomic E-state index is 8.81. The number of hydrogen-bond donors (Lipinski definition) is 1. The summed E-state index contributed by atoms with van der Waals surface area (Å²) < 4.78 is 0. The molecule has 0 radical (unpaired) electrons. The number of aliphatic imine (C=N–C) groups is 1. The lowest BCUT2D eigenvalue weighted by molar-refractivity contribution is 0.260. The van der Waals surface area contributed by atoms with E-state index in [1.165, 1.54) is 25.0 Å². The van der Waals surface area contributed by atoms with E-state index in [0.29, 0.717) is 0 Å². The van der Waals surface area contributed by atoms with Crippen LogP contribution < -0.4 is 0 Å². The SMILES string of the molecule is OC[C@@H]1CC2CCCC2=N1. The summed E-state index contributed by atoms with van der Waals surface area (Å²) in [7, 11) is 0. The van der Waals surface area contributed by atoms with Crippen molar-refractivity contribution in [3.05, 3.63) is 0 Å². The topological polar surface area (TPSA) is 32.6 Å². The largest absolute Gasteiger partial charge is 0.394 e. The predicted molar refractivity (Wildman–Crippen MR) is 40.3 cm³/mol. The standard InChI is InChI=1S/C8H13NO/c10-5-7-4-6-2-1-3-8(6)9-7/h6-7,10H,1-5H2/t6?,7-/m0/s1. The van der Waals surface area contributed by atoms with Gasteiger partial charge in [0.2, 0.25) is 0 Å². The second kappa shape index (κ2) is 2.35. The molecule has 1 aliphatic heterocycles. The van der Waals surface area contributed by atoms with Crippen molar-refractivity contribution in [2.75, 3.05) is 6.61 Å². The highest BCUT2D eigenvalue weighted by atomic mass is 16.3. The molecule has 0 spiro atoms. The fraction of sp³-hybridized carbons (Fsp3) is 0.875. The Labute approximate surface area is 61.0 Å². The zero-order valence-electron chi connectivity index (χ0n) is 6.08. The van der Waals surface area contributed by atoms with E-state index >= 15 is 0 Å². The predicted octanol–water partition coefficient (Wildman–Crippen LogP) is 0.992. The summed E-state index contributed by atoms with van der Waals surface area (Å²) in [6.45, 7) is 0.250. The van der Waals surface area contributed by atoms with Crippen molar-refractivity contribution in [3.63, 3.8) is 0 Å². The third kappa shape index (κ3) is 0.870. The Morgan fingerprint density at radius 2 is 2.50 bits per heavy atom. The molecule has 0 amide bonds. The summed E-state index contributed by atoms with van der Waals surface area (Å²) in [5, 5.41) is 8.81. The van der Waals surface area contributed by atoms with E-state index in [2.05, 4.69) is 4.99 Å². The van der Waals surface area contributed by atoms with Crippen LogP contribution in [0.3, 0.4) is 0 Å². The molecular formula is C8H13NO. The molecule has 2 atom stereocenters. The van der Waals surface area contributed by atoms with Crippen molar-refractivity contribution in [2.45, 2.75) is 31.7 Å². The highest BCUT2D eigenvalue weighted by molar-refractivity contribution is 5.90. The number of aliphatic hydroxyl groups is 1. The minimum atomic E-state index is 0.250. The van der Waals surface area contributed by atoms with E-state index in [1.807, 2.05) is 0 Å². The van der Waals surface area contributed by atoms with Crippen molar-refractivity contribution in [2.24, 2.45) is 10.9 Å². The van der Waals surface area contributed by atoms with Gasteiger partial charge in [-0.15, -0.1) is 0 Å².